The van der Waals surface area contributed by atoms with Crippen molar-refractivity contribution in [3.63, 3.8) is 0 Å². The average molecular weight is 511 g/mol. The van der Waals surface area contributed by atoms with Gasteiger partial charge in [-0.25, -0.2) is 0 Å². The fourth-order valence-corrected chi connectivity index (χ4v) is 6.09. The number of pyridine rings is 1. The van der Waals surface area contributed by atoms with Gasteiger partial charge in [-0.15, -0.1) is 0 Å². The average Bonchev–Trinajstić information content (AvgIpc) is 3.59. The zero-order chi connectivity index (χ0) is 25.7. The van der Waals surface area contributed by atoms with E-state index in [4.69, 9.17) is 26.7 Å². The molecule has 6 rings (SSSR count). The molecular formula is C30H30N4O2S. The van der Waals surface area contributed by atoms with Gasteiger partial charge in [0, 0.05) is 29.3 Å². The number of hydrogen-bond acceptors (Lipinski definition) is 4. The highest BCUT2D eigenvalue weighted by Gasteiger charge is 2.42. The fraction of sp³-hybridized carbons (Fsp3) is 0.267. The molecule has 1 N–H and O–H groups in total. The van der Waals surface area contributed by atoms with Gasteiger partial charge >= 0.3 is 0 Å². The van der Waals surface area contributed by atoms with E-state index in [9.17, 15) is 0 Å². The molecule has 2 aliphatic rings. The topological polar surface area (TPSA) is 51.6 Å². The Morgan fingerprint density at radius 1 is 1.00 bits per heavy atom. The first-order chi connectivity index (χ1) is 18.0. The monoisotopic (exact) mass is 510 g/mol. The Morgan fingerprint density at radius 3 is 2.62 bits per heavy atom. The minimum absolute atomic E-state index is 0.100. The lowest BCUT2D eigenvalue weighted by molar-refractivity contribution is 0.174. The zero-order valence-electron chi connectivity index (χ0n) is 21.5. The van der Waals surface area contributed by atoms with E-state index in [0.29, 0.717) is 5.11 Å². The van der Waals surface area contributed by atoms with Crippen LogP contribution in [0.1, 0.15) is 52.8 Å². The number of nitrogens with one attached hydrogen (secondary N) is 1. The first-order valence-corrected chi connectivity index (χ1v) is 13.1. The molecule has 0 unspecified atom stereocenters. The summed E-state index contributed by atoms with van der Waals surface area (Å²) in [5.74, 6) is 1.49. The molecule has 0 bridgehead atoms. The van der Waals surface area contributed by atoms with Gasteiger partial charge in [-0.2, -0.15) is 0 Å². The second-order valence-corrected chi connectivity index (χ2v) is 10.0. The Balaban J connectivity index is 1.54. The Bertz CT molecular complexity index is 1500. The van der Waals surface area contributed by atoms with E-state index in [0.717, 1.165) is 29.3 Å². The number of para-hydroxylation sites is 1. The number of aromatic nitrogens is 2. The van der Waals surface area contributed by atoms with Crippen molar-refractivity contribution in [2.45, 2.75) is 46.2 Å². The van der Waals surface area contributed by atoms with Crippen LogP contribution in [0.2, 0.25) is 0 Å². The number of rotatable bonds is 5. The summed E-state index contributed by atoms with van der Waals surface area (Å²) in [5.41, 5.74) is 9.38. The lowest BCUT2D eigenvalue weighted by Crippen LogP contribution is -2.29. The van der Waals surface area contributed by atoms with E-state index in [1.165, 1.54) is 33.8 Å². The molecule has 0 saturated carbocycles. The normalized spacial score (nSPS) is 18.4. The van der Waals surface area contributed by atoms with Gasteiger partial charge in [-0.3, -0.25) is 4.98 Å². The zero-order valence-corrected chi connectivity index (χ0v) is 22.3. The van der Waals surface area contributed by atoms with Crippen LogP contribution < -0.4 is 19.7 Å². The third-order valence-electron chi connectivity index (χ3n) is 7.45. The van der Waals surface area contributed by atoms with Crippen molar-refractivity contribution < 1.29 is 9.47 Å². The lowest BCUT2D eigenvalue weighted by atomic mass is 9.96. The fourth-order valence-electron chi connectivity index (χ4n) is 5.74. The molecule has 2 atom stereocenters. The quantitative estimate of drug-likeness (QED) is 0.320. The highest BCUT2D eigenvalue weighted by molar-refractivity contribution is 7.80. The predicted octanol–water partition coefficient (Wildman–Crippen LogP) is 6.27. The summed E-state index contributed by atoms with van der Waals surface area (Å²) >= 11 is 5.95. The standard InChI is InChI=1S/C30H30N4O2S/c1-5-21-10-8-9-18(2)28(21)33-19(3)15-23(20(33)4)29-27(24-11-6-7-14-31-24)32-30(37)34(29)22-12-13-25-26(16-22)36-17-35-25/h6-16,27,29H,5,17H2,1-4H3,(H,32,37)/t27-,29-/m1/s1. The molecular weight excluding hydrogens is 480 g/mol. The van der Waals surface area contributed by atoms with Gasteiger partial charge < -0.3 is 24.3 Å². The Labute approximate surface area is 222 Å². The number of fused-ring (bicyclic) bond motifs is 1. The van der Waals surface area contributed by atoms with Crippen LogP contribution in [0.25, 0.3) is 5.69 Å². The van der Waals surface area contributed by atoms with Crippen LogP contribution in [0.5, 0.6) is 11.5 Å². The smallest absolute Gasteiger partial charge is 0.231 e. The number of hydrogen-bond donors (Lipinski definition) is 1. The van der Waals surface area contributed by atoms with Crippen molar-refractivity contribution in [2.75, 3.05) is 11.7 Å². The highest BCUT2D eigenvalue weighted by Crippen LogP contribution is 2.46. The van der Waals surface area contributed by atoms with Crippen LogP contribution >= 0.6 is 12.2 Å². The number of aryl methyl sites for hydroxylation is 3. The van der Waals surface area contributed by atoms with Gasteiger partial charge in [0.25, 0.3) is 0 Å². The predicted molar refractivity (Wildman–Crippen MR) is 150 cm³/mol. The van der Waals surface area contributed by atoms with Crippen molar-refractivity contribution in [3.8, 4) is 17.2 Å². The first kappa shape index (κ1) is 23.6. The summed E-state index contributed by atoms with van der Waals surface area (Å²) in [5, 5.41) is 4.24. The maximum absolute atomic E-state index is 5.95. The van der Waals surface area contributed by atoms with E-state index in [1.54, 1.807) is 0 Å². The molecule has 37 heavy (non-hydrogen) atoms. The molecule has 4 aromatic rings. The number of nitrogens with zero attached hydrogens (tertiary/aromatic N) is 3. The van der Waals surface area contributed by atoms with E-state index in [2.05, 4.69) is 72.8 Å². The largest absolute Gasteiger partial charge is 0.454 e. The summed E-state index contributed by atoms with van der Waals surface area (Å²) in [4.78, 5) is 6.91. The van der Waals surface area contributed by atoms with Gasteiger partial charge in [0.15, 0.2) is 16.6 Å². The molecule has 188 valence electrons. The summed E-state index contributed by atoms with van der Waals surface area (Å²) < 4.78 is 13.7. The molecule has 2 aromatic carbocycles. The Hall–Kier alpha value is -3.84. The van der Waals surface area contributed by atoms with Crippen molar-refractivity contribution in [1.82, 2.24) is 14.9 Å². The number of benzene rings is 2. The molecule has 1 fully saturated rings. The molecule has 7 heteroatoms. The molecule has 0 spiro atoms. The molecule has 6 nitrogen and oxygen atoms in total. The molecule has 0 amide bonds. The first-order valence-electron chi connectivity index (χ1n) is 12.7. The Morgan fingerprint density at radius 2 is 1.84 bits per heavy atom. The maximum atomic E-state index is 5.95. The van der Waals surface area contributed by atoms with Crippen LogP contribution in [0.4, 0.5) is 5.69 Å². The van der Waals surface area contributed by atoms with Crippen LogP contribution in [0.15, 0.2) is 66.9 Å². The molecule has 2 aliphatic heterocycles. The second kappa shape index (κ2) is 9.23. The molecule has 2 aromatic heterocycles. The van der Waals surface area contributed by atoms with E-state index >= 15 is 0 Å². The summed E-state index contributed by atoms with van der Waals surface area (Å²) in [6, 6.07) is 20.7. The van der Waals surface area contributed by atoms with Crippen LogP contribution in [0.3, 0.4) is 0 Å². The lowest BCUT2D eigenvalue weighted by Gasteiger charge is -2.28. The van der Waals surface area contributed by atoms with Gasteiger partial charge in [0.2, 0.25) is 6.79 Å². The van der Waals surface area contributed by atoms with E-state index < -0.39 is 0 Å². The van der Waals surface area contributed by atoms with Crippen molar-refractivity contribution in [3.05, 3.63) is 101 Å². The van der Waals surface area contributed by atoms with Crippen LogP contribution in [-0.4, -0.2) is 21.5 Å². The van der Waals surface area contributed by atoms with Crippen molar-refractivity contribution in [1.29, 1.82) is 0 Å². The van der Waals surface area contributed by atoms with Gasteiger partial charge in [-0.1, -0.05) is 31.2 Å². The third kappa shape index (κ3) is 3.85. The molecule has 4 heterocycles. The van der Waals surface area contributed by atoms with Gasteiger partial charge in [0.05, 0.1) is 23.5 Å². The number of ether oxygens (including phenoxy) is 2. The minimum Gasteiger partial charge on any atom is -0.454 e. The summed E-state index contributed by atoms with van der Waals surface area (Å²) in [7, 11) is 0. The maximum Gasteiger partial charge on any atom is 0.231 e. The second-order valence-electron chi connectivity index (χ2n) is 9.63. The SMILES string of the molecule is CCc1cccc(C)c1-n1c(C)cc([C@@H]2[C@@H](c3ccccn3)NC(=S)N2c2ccc3c(c2)OCO3)c1C. The minimum atomic E-state index is -0.115. The van der Waals surface area contributed by atoms with E-state index in [1.807, 2.05) is 36.5 Å². The van der Waals surface area contributed by atoms with Crippen molar-refractivity contribution in [2.24, 2.45) is 0 Å². The van der Waals surface area contributed by atoms with Gasteiger partial charge in [0.1, 0.15) is 0 Å². The van der Waals surface area contributed by atoms with Crippen LogP contribution in [0, 0.1) is 20.8 Å². The summed E-state index contributed by atoms with van der Waals surface area (Å²) in [6.07, 6.45) is 2.81. The third-order valence-corrected chi connectivity index (χ3v) is 7.76. The van der Waals surface area contributed by atoms with Crippen LogP contribution in [-0.2, 0) is 6.42 Å². The molecule has 1 saturated heterocycles. The van der Waals surface area contributed by atoms with E-state index in [-0.39, 0.29) is 18.9 Å². The Kier molecular flexibility index (Phi) is 5.88. The van der Waals surface area contributed by atoms with Crippen molar-refractivity contribution >= 4 is 23.0 Å². The van der Waals surface area contributed by atoms with Gasteiger partial charge in [-0.05, 0) is 86.4 Å². The highest BCUT2D eigenvalue weighted by atomic mass is 32.1. The number of thiocarbonyl (C=S) groups is 1. The molecule has 0 radical (unpaired) electrons. The number of anilines is 1. The summed E-state index contributed by atoms with van der Waals surface area (Å²) in [6.45, 7) is 9.03. The molecule has 0 aliphatic carbocycles.